The van der Waals surface area contributed by atoms with Gasteiger partial charge in [-0.25, -0.2) is 0 Å². The van der Waals surface area contributed by atoms with Crippen molar-refractivity contribution in [1.29, 1.82) is 0 Å². The third-order valence-electron chi connectivity index (χ3n) is 2.61. The van der Waals surface area contributed by atoms with Gasteiger partial charge in [0.2, 0.25) is 0 Å². The molecule has 2 rings (SSSR count). The van der Waals surface area contributed by atoms with Crippen LogP contribution in [0.4, 0.5) is 0 Å². The Morgan fingerprint density at radius 2 is 2.24 bits per heavy atom. The Kier molecular flexibility index (Phi) is 3.44. The molecule has 0 amide bonds. The zero-order valence-electron chi connectivity index (χ0n) is 10.1. The highest BCUT2D eigenvalue weighted by atomic mass is 16.5. The van der Waals surface area contributed by atoms with Crippen molar-refractivity contribution in [3.05, 3.63) is 35.6 Å². The van der Waals surface area contributed by atoms with Gasteiger partial charge in [0.05, 0.1) is 6.61 Å². The molecule has 17 heavy (non-hydrogen) atoms. The standard InChI is InChI=1S/C13H16N2O2/c1-3-16-11-6-4-5-10(7-11)13-12(8-14)9(2)17-15-13/h4-7H,3,8,14H2,1-2H3. The highest BCUT2D eigenvalue weighted by Crippen LogP contribution is 2.27. The zero-order chi connectivity index (χ0) is 12.3. The first kappa shape index (κ1) is 11.7. The number of hydrogen-bond donors (Lipinski definition) is 1. The molecule has 0 bridgehead atoms. The summed E-state index contributed by atoms with van der Waals surface area (Å²) in [6.07, 6.45) is 0. The SMILES string of the molecule is CCOc1cccc(-c2noc(C)c2CN)c1. The number of ether oxygens (including phenoxy) is 1. The monoisotopic (exact) mass is 232 g/mol. The van der Waals surface area contributed by atoms with Gasteiger partial charge in [-0.3, -0.25) is 0 Å². The molecule has 4 heteroatoms. The van der Waals surface area contributed by atoms with Gasteiger partial charge in [-0.2, -0.15) is 0 Å². The maximum absolute atomic E-state index is 5.70. The molecule has 0 fully saturated rings. The van der Waals surface area contributed by atoms with Crippen molar-refractivity contribution in [2.24, 2.45) is 5.73 Å². The minimum atomic E-state index is 0.420. The third kappa shape index (κ3) is 2.31. The molecule has 0 saturated carbocycles. The summed E-state index contributed by atoms with van der Waals surface area (Å²) >= 11 is 0. The van der Waals surface area contributed by atoms with Gasteiger partial charge >= 0.3 is 0 Å². The van der Waals surface area contributed by atoms with E-state index in [1.807, 2.05) is 38.1 Å². The fourth-order valence-corrected chi connectivity index (χ4v) is 1.76. The van der Waals surface area contributed by atoms with Gasteiger partial charge in [-0.1, -0.05) is 17.3 Å². The van der Waals surface area contributed by atoms with Crippen LogP contribution >= 0.6 is 0 Å². The van der Waals surface area contributed by atoms with E-state index in [9.17, 15) is 0 Å². The lowest BCUT2D eigenvalue weighted by Gasteiger charge is -2.05. The summed E-state index contributed by atoms with van der Waals surface area (Å²) in [5.41, 5.74) is 8.41. The summed E-state index contributed by atoms with van der Waals surface area (Å²) in [6.45, 7) is 4.89. The Bertz CT molecular complexity index is 506. The van der Waals surface area contributed by atoms with E-state index in [-0.39, 0.29) is 0 Å². The van der Waals surface area contributed by atoms with Crippen LogP contribution in [0, 0.1) is 6.92 Å². The van der Waals surface area contributed by atoms with E-state index in [0.717, 1.165) is 28.3 Å². The molecule has 4 nitrogen and oxygen atoms in total. The van der Waals surface area contributed by atoms with Crippen LogP contribution in [0.3, 0.4) is 0 Å². The zero-order valence-corrected chi connectivity index (χ0v) is 10.1. The van der Waals surface area contributed by atoms with Gasteiger partial charge in [0.25, 0.3) is 0 Å². The maximum atomic E-state index is 5.70. The molecule has 0 aliphatic carbocycles. The van der Waals surface area contributed by atoms with Crippen molar-refractivity contribution in [3.63, 3.8) is 0 Å². The molecule has 2 aromatic rings. The second-order valence-electron chi connectivity index (χ2n) is 3.73. The Balaban J connectivity index is 2.41. The molecule has 0 spiro atoms. The number of benzene rings is 1. The molecule has 1 aromatic carbocycles. The molecule has 0 aliphatic rings. The maximum Gasteiger partial charge on any atom is 0.138 e. The largest absolute Gasteiger partial charge is 0.494 e. The van der Waals surface area contributed by atoms with Gasteiger partial charge < -0.3 is 15.0 Å². The predicted molar refractivity (Wildman–Crippen MR) is 65.7 cm³/mol. The number of aromatic nitrogens is 1. The Morgan fingerprint density at radius 3 is 2.94 bits per heavy atom. The van der Waals surface area contributed by atoms with Crippen molar-refractivity contribution < 1.29 is 9.26 Å². The Labute approximate surface area is 100 Å². The van der Waals surface area contributed by atoms with Crippen LogP contribution in [0.25, 0.3) is 11.3 Å². The summed E-state index contributed by atoms with van der Waals surface area (Å²) in [4.78, 5) is 0. The third-order valence-corrected chi connectivity index (χ3v) is 2.61. The van der Waals surface area contributed by atoms with Crippen molar-refractivity contribution in [3.8, 4) is 17.0 Å². The summed E-state index contributed by atoms with van der Waals surface area (Å²) in [5.74, 6) is 1.60. The van der Waals surface area contributed by atoms with E-state index in [4.69, 9.17) is 15.0 Å². The molecule has 0 aliphatic heterocycles. The molecule has 1 heterocycles. The van der Waals surface area contributed by atoms with E-state index < -0.39 is 0 Å². The van der Waals surface area contributed by atoms with Gasteiger partial charge in [0, 0.05) is 17.7 Å². The number of rotatable bonds is 4. The van der Waals surface area contributed by atoms with Gasteiger partial charge in [-0.05, 0) is 26.0 Å². The van der Waals surface area contributed by atoms with E-state index >= 15 is 0 Å². The molecule has 2 N–H and O–H groups in total. The first-order chi connectivity index (χ1) is 8.26. The van der Waals surface area contributed by atoms with Crippen LogP contribution in [0.5, 0.6) is 5.75 Å². The number of nitrogens with two attached hydrogens (primary N) is 1. The lowest BCUT2D eigenvalue weighted by atomic mass is 10.1. The normalized spacial score (nSPS) is 10.5. The molecule has 0 unspecified atom stereocenters. The van der Waals surface area contributed by atoms with Gasteiger partial charge in [0.1, 0.15) is 17.2 Å². The van der Waals surface area contributed by atoms with Crippen LogP contribution < -0.4 is 10.5 Å². The summed E-state index contributed by atoms with van der Waals surface area (Å²) in [6, 6.07) is 7.77. The summed E-state index contributed by atoms with van der Waals surface area (Å²) in [7, 11) is 0. The van der Waals surface area contributed by atoms with E-state index in [0.29, 0.717) is 13.2 Å². The molecular weight excluding hydrogens is 216 g/mol. The fourth-order valence-electron chi connectivity index (χ4n) is 1.76. The van der Waals surface area contributed by atoms with Crippen LogP contribution in [0.1, 0.15) is 18.2 Å². The quantitative estimate of drug-likeness (QED) is 0.879. The second kappa shape index (κ2) is 5.01. The Hall–Kier alpha value is -1.81. The number of aryl methyl sites for hydroxylation is 1. The Morgan fingerprint density at radius 1 is 1.41 bits per heavy atom. The average Bonchev–Trinajstić information content (AvgIpc) is 2.71. The van der Waals surface area contributed by atoms with Crippen molar-refractivity contribution in [1.82, 2.24) is 5.16 Å². The molecule has 0 saturated heterocycles. The van der Waals surface area contributed by atoms with Crippen molar-refractivity contribution in [2.75, 3.05) is 6.61 Å². The fraction of sp³-hybridized carbons (Fsp3) is 0.308. The van der Waals surface area contributed by atoms with E-state index in [1.54, 1.807) is 0 Å². The minimum Gasteiger partial charge on any atom is -0.494 e. The van der Waals surface area contributed by atoms with E-state index in [2.05, 4.69) is 5.16 Å². The minimum absolute atomic E-state index is 0.420. The highest BCUT2D eigenvalue weighted by Gasteiger charge is 2.13. The predicted octanol–water partition coefficient (Wildman–Crippen LogP) is 2.51. The van der Waals surface area contributed by atoms with Crippen LogP contribution in [0.15, 0.2) is 28.8 Å². The van der Waals surface area contributed by atoms with Gasteiger partial charge in [-0.15, -0.1) is 0 Å². The lowest BCUT2D eigenvalue weighted by molar-refractivity contribution is 0.340. The van der Waals surface area contributed by atoms with Crippen LogP contribution in [-0.2, 0) is 6.54 Å². The van der Waals surface area contributed by atoms with E-state index in [1.165, 1.54) is 0 Å². The molecule has 90 valence electrons. The van der Waals surface area contributed by atoms with Crippen LogP contribution in [-0.4, -0.2) is 11.8 Å². The number of hydrogen-bond acceptors (Lipinski definition) is 4. The molecule has 0 atom stereocenters. The summed E-state index contributed by atoms with van der Waals surface area (Å²) < 4.78 is 10.6. The topological polar surface area (TPSA) is 61.3 Å². The van der Waals surface area contributed by atoms with Crippen molar-refractivity contribution >= 4 is 0 Å². The average molecular weight is 232 g/mol. The van der Waals surface area contributed by atoms with Crippen molar-refractivity contribution in [2.45, 2.75) is 20.4 Å². The lowest BCUT2D eigenvalue weighted by Crippen LogP contribution is -1.99. The molecule has 0 radical (unpaired) electrons. The highest BCUT2D eigenvalue weighted by molar-refractivity contribution is 5.64. The molecular formula is C13H16N2O2. The molecule has 1 aromatic heterocycles. The second-order valence-corrected chi connectivity index (χ2v) is 3.73. The van der Waals surface area contributed by atoms with Crippen LogP contribution in [0.2, 0.25) is 0 Å². The number of nitrogens with zero attached hydrogens (tertiary/aromatic N) is 1. The smallest absolute Gasteiger partial charge is 0.138 e. The summed E-state index contributed by atoms with van der Waals surface area (Å²) in [5, 5.41) is 4.05. The first-order valence-corrected chi connectivity index (χ1v) is 5.64. The van der Waals surface area contributed by atoms with Gasteiger partial charge in [0.15, 0.2) is 0 Å². The first-order valence-electron chi connectivity index (χ1n) is 5.64.